The summed E-state index contributed by atoms with van der Waals surface area (Å²) in [6.45, 7) is -3.31. The van der Waals surface area contributed by atoms with E-state index in [-0.39, 0.29) is 36.4 Å². The van der Waals surface area contributed by atoms with Crippen LogP contribution in [0.25, 0.3) is 0 Å². The second-order valence-electron chi connectivity index (χ2n) is 26.3. The van der Waals surface area contributed by atoms with Crippen molar-refractivity contribution in [2.24, 2.45) is 16.5 Å². The highest BCUT2D eigenvalue weighted by molar-refractivity contribution is 5.97. The number of carbonyl (C=O) groups is 4. The number of amides is 4. The van der Waals surface area contributed by atoms with Gasteiger partial charge >= 0.3 is 17.8 Å². The van der Waals surface area contributed by atoms with Gasteiger partial charge in [-0.2, -0.15) is 0 Å². The molecule has 0 aromatic heterocycles. The second kappa shape index (κ2) is 36.1. The Labute approximate surface area is 605 Å². The Balaban J connectivity index is 0.883. The molecule has 6 aliphatic heterocycles. The van der Waals surface area contributed by atoms with Gasteiger partial charge in [0.2, 0.25) is 36.1 Å². The number of aliphatic hydroxyl groups excluding tert-OH is 14. The van der Waals surface area contributed by atoms with Gasteiger partial charge in [0.1, 0.15) is 146 Å². The first-order chi connectivity index (χ1) is 50.8. The molecule has 578 valence electrons. The molecule has 38 heteroatoms. The summed E-state index contributed by atoms with van der Waals surface area (Å²) in [5.41, 5.74) is 14.6. The summed E-state index contributed by atoms with van der Waals surface area (Å²) in [6, 6.07) is 17.5. The second-order valence-corrected chi connectivity index (χ2v) is 26.3. The van der Waals surface area contributed by atoms with Crippen LogP contribution in [-0.2, 0) is 62.5 Å². The zero-order chi connectivity index (χ0) is 76.2. The fourth-order valence-corrected chi connectivity index (χ4v) is 13.1. The van der Waals surface area contributed by atoms with Crippen molar-refractivity contribution in [3.8, 4) is 11.5 Å². The maximum Gasteiger partial charge on any atom is 0.358 e. The average Bonchev–Trinajstić information content (AvgIpc) is 1.49. The molecule has 1 unspecified atom stereocenters. The Bertz CT molecular complexity index is 3720. The SMILES string of the molecule is C[C@H](c1ccccc1)[C@@H]1N=C([O-])C[NH+]=C(O)[C@H](CO)NC(=O)[C@@H]([C@H](O)[C@@H]2CNC(N)=[N+]2[C@@H]2O[C@@H](CO)[C@H](O)[C@H](O)[C@@H]2O)NC(=O)[C@H]([C@H](O)[C@@H]2C[NH+]=C(N)N2)NC(=O)[C@@H](Cc2ccc(O[C@@H]3O[C@H](CO)[C@H](O[C@@H]4O[C@@H](CO)[C@H](OCc5ccc(OCc6ccccc6)cc5)[C@H](O)[C@@H]4O)C(O)[C@H]3O)cc2)NC1=O. The van der Waals surface area contributed by atoms with Crippen molar-refractivity contribution in [1.82, 2.24) is 31.9 Å². The van der Waals surface area contributed by atoms with Crippen molar-refractivity contribution in [3.05, 3.63) is 131 Å². The molecule has 4 aromatic carbocycles. The quantitative estimate of drug-likeness (QED) is 0.0307. The number of nitrogens with one attached hydrogen (secondary N) is 8. The zero-order valence-electron chi connectivity index (χ0n) is 57.1. The number of nitrogens with zero attached hydrogens (tertiary/aromatic N) is 2. The van der Waals surface area contributed by atoms with Gasteiger partial charge in [-0.05, 0) is 46.5 Å². The molecular weight excluding hydrogens is 1400 g/mol. The molecule has 3 saturated heterocycles. The van der Waals surface area contributed by atoms with Crippen molar-refractivity contribution in [2.45, 2.75) is 179 Å². The Morgan fingerprint density at radius 1 is 0.594 bits per heavy atom. The number of aliphatic imine (C=N–C) groups is 1. The summed E-state index contributed by atoms with van der Waals surface area (Å²) in [4.78, 5) is 69.3. The van der Waals surface area contributed by atoms with E-state index in [0.717, 1.165) is 10.1 Å². The monoisotopic (exact) mass is 1490 g/mol. The smallest absolute Gasteiger partial charge is 0.358 e. The highest BCUT2D eigenvalue weighted by Crippen LogP contribution is 2.33. The highest BCUT2D eigenvalue weighted by Gasteiger charge is 2.55. The molecule has 4 aromatic rings. The summed E-state index contributed by atoms with van der Waals surface area (Å²) >= 11 is 0. The van der Waals surface area contributed by atoms with E-state index in [9.17, 15) is 86.2 Å². The van der Waals surface area contributed by atoms with E-state index >= 15 is 9.59 Å². The maximum absolute atomic E-state index is 15.2. The molecule has 0 bridgehead atoms. The lowest BCUT2D eigenvalue weighted by molar-refractivity contribution is -0.663. The minimum absolute atomic E-state index is 0.0662. The van der Waals surface area contributed by atoms with Crippen LogP contribution in [-0.4, -0.2) is 316 Å². The van der Waals surface area contributed by atoms with Gasteiger partial charge in [0.05, 0.1) is 39.6 Å². The standard InChI is InChI=1S/C68H90N12O26/c1-30(34-10-6-3-7-11-34)45-61(97)74-37(20-31-12-18-36(19-13-31)102-65-56(94)53(91)58(43(27-84)105-65)106-66-55(93)52(90)57(42(26-83)104-66)101-29-33-14-16-35(17-15-33)100-28-32-8-4-2-5-9-32)60(96)78-46(48(86)38-21-72-67(69)76-38)63(99)79-47(62(98)75-39(24-81)59(95)71-23-44(85)77-45)49(87)40-22-73-68(70)80(40)64-54(92)51(89)50(88)41(25-82)103-64/h2-19,30,37-43,45-58,64-66,81-84,86-94H,20-29H2,1H3,(H11,69,70,71,72,73,74,75,76,77,78,79,85,95,96,97,98,99)/p+2/t30-,37-,38+,39+,40+,41+,42+,43-,45+,46+,47-,48-,49-,50+,51+,52-,53?,54+,55+,56-,57+,58+,64-,65-,66+/m1/s1. The van der Waals surface area contributed by atoms with Crippen molar-refractivity contribution in [1.29, 1.82) is 0 Å². The largest absolute Gasteiger partial charge is 0.858 e. The van der Waals surface area contributed by atoms with Gasteiger partial charge in [-0.1, -0.05) is 91.9 Å². The molecule has 0 radical (unpaired) electrons. The summed E-state index contributed by atoms with van der Waals surface area (Å²) in [6.07, 6.45) is -30.8. The van der Waals surface area contributed by atoms with Gasteiger partial charge in [-0.15, -0.1) is 0 Å². The third kappa shape index (κ3) is 18.7. The topological polar surface area (TPSA) is 607 Å². The molecule has 0 aliphatic carbocycles. The van der Waals surface area contributed by atoms with Crippen LogP contribution >= 0.6 is 0 Å². The molecule has 10 rings (SSSR count). The van der Waals surface area contributed by atoms with Crippen molar-refractivity contribution < 1.29 is 143 Å². The van der Waals surface area contributed by atoms with Gasteiger partial charge in [0, 0.05) is 18.2 Å². The first kappa shape index (κ1) is 79.7. The lowest BCUT2D eigenvalue weighted by atomic mass is 9.92. The molecule has 0 spiro atoms. The minimum atomic E-state index is -2.30. The van der Waals surface area contributed by atoms with Crippen LogP contribution in [0.2, 0.25) is 0 Å². The molecule has 4 amide bonds. The van der Waals surface area contributed by atoms with Crippen LogP contribution in [0.3, 0.4) is 0 Å². The number of aliphatic hydroxyl groups is 14. The van der Waals surface area contributed by atoms with Gasteiger partial charge in [0.15, 0.2) is 18.9 Å². The predicted octanol–water partition coefficient (Wildman–Crippen LogP) is -13.9. The highest BCUT2D eigenvalue weighted by atomic mass is 16.7. The first-order valence-corrected chi connectivity index (χ1v) is 34.2. The van der Waals surface area contributed by atoms with Crippen LogP contribution in [0.5, 0.6) is 11.5 Å². The van der Waals surface area contributed by atoms with E-state index < -0.39 is 234 Å². The number of benzene rings is 4. The van der Waals surface area contributed by atoms with Crippen LogP contribution in [0.1, 0.15) is 35.1 Å². The van der Waals surface area contributed by atoms with Crippen molar-refractivity contribution in [2.75, 3.05) is 46.1 Å². The first-order valence-electron chi connectivity index (χ1n) is 34.2. The minimum Gasteiger partial charge on any atom is -0.858 e. The van der Waals surface area contributed by atoms with E-state index in [4.69, 9.17) is 44.6 Å². The molecule has 6 aliphatic rings. The summed E-state index contributed by atoms with van der Waals surface area (Å²) in [5.74, 6) is -7.96. The number of carbonyl (C=O) groups excluding carboxylic acids is 4. The third-order valence-corrected chi connectivity index (χ3v) is 19.2. The molecule has 3 fully saturated rings. The van der Waals surface area contributed by atoms with E-state index in [0.29, 0.717) is 23.5 Å². The number of hydrogen-bond acceptors (Lipinski definition) is 30. The molecule has 0 saturated carbocycles. The van der Waals surface area contributed by atoms with E-state index in [1.165, 1.54) is 24.3 Å². The number of rotatable bonds is 23. The van der Waals surface area contributed by atoms with Crippen LogP contribution in [0.4, 0.5) is 0 Å². The average molecular weight is 1490 g/mol. The zero-order valence-corrected chi connectivity index (χ0v) is 57.1. The van der Waals surface area contributed by atoms with Gasteiger partial charge in [0.25, 0.3) is 0 Å². The lowest BCUT2D eigenvalue weighted by Gasteiger charge is -2.46. The number of hydrogen-bond donors (Lipinski definition) is 24. The Kier molecular flexibility index (Phi) is 27.2. The molecule has 26 N–H and O–H groups in total. The van der Waals surface area contributed by atoms with Gasteiger partial charge in [-0.25, -0.2) is 9.57 Å². The summed E-state index contributed by atoms with van der Waals surface area (Å²) in [5, 5.41) is 185. The van der Waals surface area contributed by atoms with E-state index in [2.05, 4.69) is 46.9 Å². The fraction of sp³-hybridized carbons (Fsp3) is 0.529. The van der Waals surface area contributed by atoms with E-state index in [1.807, 2.05) is 30.3 Å². The Hall–Kier alpha value is -8.88. The number of nitrogens with two attached hydrogens (primary N) is 2. The van der Waals surface area contributed by atoms with Crippen LogP contribution < -0.4 is 67.9 Å². The van der Waals surface area contributed by atoms with Crippen LogP contribution in [0.15, 0.2) is 114 Å². The summed E-state index contributed by atoms with van der Waals surface area (Å²) < 4.78 is 42.1. The summed E-state index contributed by atoms with van der Waals surface area (Å²) in [7, 11) is 0. The van der Waals surface area contributed by atoms with Crippen molar-refractivity contribution in [3.63, 3.8) is 0 Å². The predicted molar refractivity (Wildman–Crippen MR) is 360 cm³/mol. The fourth-order valence-electron chi connectivity index (χ4n) is 13.1. The van der Waals surface area contributed by atoms with E-state index in [1.54, 1.807) is 61.5 Å². The molecule has 25 atom stereocenters. The van der Waals surface area contributed by atoms with Gasteiger partial charge < -0.3 is 131 Å². The van der Waals surface area contributed by atoms with Crippen molar-refractivity contribution >= 4 is 47.3 Å². The molecular formula is C68H92N12O26+2. The Morgan fingerprint density at radius 2 is 1.17 bits per heavy atom. The van der Waals surface area contributed by atoms with Gasteiger partial charge in [-0.3, -0.25) is 51.3 Å². The number of guanidine groups is 2. The third-order valence-electron chi connectivity index (χ3n) is 19.2. The maximum atomic E-state index is 15.2. The lowest BCUT2D eigenvalue weighted by Crippen LogP contribution is -2.80. The number of ether oxygens (including phenoxy) is 7. The Morgan fingerprint density at radius 3 is 1.82 bits per heavy atom. The molecule has 106 heavy (non-hydrogen) atoms. The molecule has 6 heterocycles. The normalized spacial score (nSPS) is 33.8. The molecule has 38 nitrogen and oxygen atoms in total. The van der Waals surface area contributed by atoms with Crippen LogP contribution in [0, 0.1) is 0 Å².